The first-order valence-corrected chi connectivity index (χ1v) is 7.47. The van der Waals surface area contributed by atoms with Gasteiger partial charge in [-0.1, -0.05) is 67.3 Å². The van der Waals surface area contributed by atoms with Gasteiger partial charge in [-0.15, -0.1) is 0 Å². The van der Waals surface area contributed by atoms with Crippen LogP contribution in [0.5, 0.6) is 0 Å². The van der Waals surface area contributed by atoms with Crippen molar-refractivity contribution in [1.29, 1.82) is 0 Å². The van der Waals surface area contributed by atoms with Crippen LogP contribution < -0.4 is 5.14 Å². The van der Waals surface area contributed by atoms with Crippen molar-refractivity contribution in [2.45, 2.75) is 52.2 Å². The summed E-state index contributed by atoms with van der Waals surface area (Å²) in [6.45, 7) is 10.5. The topological polar surface area (TPSA) is 26.0 Å². The largest absolute Gasteiger partial charge is 0.277 e. The minimum Gasteiger partial charge on any atom is -0.277 e. The summed E-state index contributed by atoms with van der Waals surface area (Å²) in [7, 11) is 0. The van der Waals surface area contributed by atoms with E-state index in [-0.39, 0.29) is 4.75 Å². The third-order valence-corrected chi connectivity index (χ3v) is 3.86. The molecular weight excluding hydrogens is 238 g/mol. The van der Waals surface area contributed by atoms with Crippen molar-refractivity contribution in [3.05, 3.63) is 47.6 Å². The maximum absolute atomic E-state index is 5.84. The molecule has 0 heterocycles. The van der Waals surface area contributed by atoms with Crippen molar-refractivity contribution in [3.8, 4) is 0 Å². The van der Waals surface area contributed by atoms with E-state index in [2.05, 4.69) is 64.2 Å². The van der Waals surface area contributed by atoms with Gasteiger partial charge in [-0.25, -0.2) is 0 Å². The predicted octanol–water partition coefficient (Wildman–Crippen LogP) is 5.18. The standard InChI is InChI=1S/C16H27NS/c1-6-10-14(8-3)11-12-15(9-4)16(5,18-17)13-7-2/h7-9,11-13H,6,10,17H2,1-5H3/b12-11-,13-7+,14-8-,15-9-. The zero-order valence-corrected chi connectivity index (χ0v) is 13.2. The molecule has 0 aromatic carbocycles. The SMILES string of the molecule is C\C=C(/C=C\C(=C\C)C(C)(/C=C/C)SN)CCC. The number of allylic oxidation sites excluding steroid dienone is 6. The van der Waals surface area contributed by atoms with Gasteiger partial charge in [-0.2, -0.15) is 0 Å². The van der Waals surface area contributed by atoms with Crippen LogP contribution in [0, 0.1) is 0 Å². The molecule has 0 saturated carbocycles. The van der Waals surface area contributed by atoms with Gasteiger partial charge in [-0.3, -0.25) is 5.14 Å². The van der Waals surface area contributed by atoms with Crippen LogP contribution >= 0.6 is 11.9 Å². The Labute approximate surface area is 117 Å². The fourth-order valence-corrected chi connectivity index (χ4v) is 2.42. The fourth-order valence-electron chi connectivity index (χ4n) is 1.88. The molecule has 0 spiro atoms. The van der Waals surface area contributed by atoms with E-state index in [9.17, 15) is 0 Å². The number of rotatable bonds is 7. The normalized spacial score (nSPS) is 17.7. The molecule has 0 aromatic rings. The highest BCUT2D eigenvalue weighted by atomic mass is 32.2. The van der Waals surface area contributed by atoms with Crippen LogP contribution in [0.4, 0.5) is 0 Å². The fraction of sp³-hybridized carbons (Fsp3) is 0.500. The monoisotopic (exact) mass is 265 g/mol. The van der Waals surface area contributed by atoms with Gasteiger partial charge in [0.15, 0.2) is 0 Å². The summed E-state index contributed by atoms with van der Waals surface area (Å²) < 4.78 is -0.148. The van der Waals surface area contributed by atoms with Crippen molar-refractivity contribution in [2.75, 3.05) is 0 Å². The van der Waals surface area contributed by atoms with E-state index in [1.165, 1.54) is 29.5 Å². The molecule has 102 valence electrons. The highest BCUT2D eigenvalue weighted by molar-refractivity contribution is 7.98. The van der Waals surface area contributed by atoms with Crippen LogP contribution in [0.3, 0.4) is 0 Å². The third-order valence-electron chi connectivity index (χ3n) is 3.00. The Kier molecular flexibility index (Phi) is 8.86. The van der Waals surface area contributed by atoms with Crippen LogP contribution in [0.1, 0.15) is 47.5 Å². The van der Waals surface area contributed by atoms with Gasteiger partial charge in [0.1, 0.15) is 0 Å². The molecule has 0 aliphatic heterocycles. The highest BCUT2D eigenvalue weighted by Gasteiger charge is 2.22. The molecular formula is C16H27NS. The van der Waals surface area contributed by atoms with Gasteiger partial charge in [0.05, 0.1) is 4.75 Å². The zero-order valence-electron chi connectivity index (χ0n) is 12.4. The first-order chi connectivity index (χ1) is 8.57. The number of hydrogen-bond acceptors (Lipinski definition) is 2. The van der Waals surface area contributed by atoms with E-state index in [0.717, 1.165) is 6.42 Å². The average molecular weight is 265 g/mol. The summed E-state index contributed by atoms with van der Waals surface area (Å²) >= 11 is 1.38. The molecule has 0 rings (SSSR count). The van der Waals surface area contributed by atoms with Crippen LogP contribution in [-0.2, 0) is 0 Å². The molecule has 0 radical (unpaired) electrons. The van der Waals surface area contributed by atoms with Crippen LogP contribution in [0.15, 0.2) is 47.6 Å². The van der Waals surface area contributed by atoms with Crippen molar-refractivity contribution < 1.29 is 0 Å². The van der Waals surface area contributed by atoms with Crippen molar-refractivity contribution in [2.24, 2.45) is 5.14 Å². The van der Waals surface area contributed by atoms with Crippen LogP contribution in [-0.4, -0.2) is 4.75 Å². The maximum Gasteiger partial charge on any atom is 0.0699 e. The molecule has 0 aliphatic rings. The quantitative estimate of drug-likeness (QED) is 0.390. The molecule has 0 amide bonds. The molecule has 1 unspecified atom stereocenters. The summed E-state index contributed by atoms with van der Waals surface area (Å²) in [6, 6.07) is 0. The van der Waals surface area contributed by atoms with E-state index in [4.69, 9.17) is 5.14 Å². The number of hydrogen-bond donors (Lipinski definition) is 1. The summed E-state index contributed by atoms with van der Waals surface area (Å²) in [5.41, 5.74) is 2.62. The Balaban J connectivity index is 5.07. The first-order valence-electron chi connectivity index (χ1n) is 6.59. The van der Waals surface area contributed by atoms with Gasteiger partial charge < -0.3 is 0 Å². The van der Waals surface area contributed by atoms with Gasteiger partial charge in [-0.05, 0) is 39.7 Å². The minimum absolute atomic E-state index is 0.148. The predicted molar refractivity (Wildman–Crippen MR) is 86.6 cm³/mol. The van der Waals surface area contributed by atoms with Gasteiger partial charge in [0.25, 0.3) is 0 Å². The van der Waals surface area contributed by atoms with Gasteiger partial charge in [0, 0.05) is 0 Å². The zero-order chi connectivity index (χ0) is 14.0. The summed E-state index contributed by atoms with van der Waals surface area (Å²) in [6.07, 6.45) is 15.2. The molecule has 0 bridgehead atoms. The molecule has 1 atom stereocenters. The lowest BCUT2D eigenvalue weighted by atomic mass is 9.97. The maximum atomic E-state index is 5.84. The van der Waals surface area contributed by atoms with Crippen LogP contribution in [0.25, 0.3) is 0 Å². The van der Waals surface area contributed by atoms with E-state index >= 15 is 0 Å². The first kappa shape index (κ1) is 17.3. The second-order valence-corrected chi connectivity index (χ2v) is 5.50. The van der Waals surface area contributed by atoms with Gasteiger partial charge in [0.2, 0.25) is 0 Å². The lowest BCUT2D eigenvalue weighted by molar-refractivity contribution is 0.919. The summed E-state index contributed by atoms with van der Waals surface area (Å²) in [5.74, 6) is 0. The second-order valence-electron chi connectivity index (χ2n) is 4.42. The molecule has 0 fully saturated rings. The molecule has 2 N–H and O–H groups in total. The third kappa shape index (κ3) is 5.28. The Morgan fingerprint density at radius 3 is 2.22 bits per heavy atom. The average Bonchev–Trinajstić information content (AvgIpc) is 2.38. The molecule has 0 aromatic heterocycles. The highest BCUT2D eigenvalue weighted by Crippen LogP contribution is 2.31. The van der Waals surface area contributed by atoms with E-state index < -0.39 is 0 Å². The second kappa shape index (κ2) is 9.23. The molecule has 0 aliphatic carbocycles. The summed E-state index contributed by atoms with van der Waals surface area (Å²) in [4.78, 5) is 0. The number of nitrogens with two attached hydrogens (primary N) is 1. The van der Waals surface area contributed by atoms with Crippen molar-refractivity contribution in [3.63, 3.8) is 0 Å². The Bertz CT molecular complexity index is 350. The molecule has 18 heavy (non-hydrogen) atoms. The molecule has 2 heteroatoms. The van der Waals surface area contributed by atoms with Gasteiger partial charge >= 0.3 is 0 Å². The summed E-state index contributed by atoms with van der Waals surface area (Å²) in [5, 5.41) is 5.84. The Morgan fingerprint density at radius 2 is 1.83 bits per heavy atom. The Morgan fingerprint density at radius 1 is 1.17 bits per heavy atom. The van der Waals surface area contributed by atoms with E-state index in [1.807, 2.05) is 6.92 Å². The van der Waals surface area contributed by atoms with Crippen molar-refractivity contribution in [1.82, 2.24) is 0 Å². The molecule has 1 nitrogen and oxygen atoms in total. The van der Waals surface area contributed by atoms with E-state index in [0.29, 0.717) is 0 Å². The van der Waals surface area contributed by atoms with Crippen LogP contribution in [0.2, 0.25) is 0 Å². The lowest BCUT2D eigenvalue weighted by Crippen LogP contribution is -2.21. The van der Waals surface area contributed by atoms with Crippen molar-refractivity contribution >= 4 is 11.9 Å². The molecule has 0 saturated heterocycles. The smallest absolute Gasteiger partial charge is 0.0699 e. The lowest BCUT2D eigenvalue weighted by Gasteiger charge is -2.24. The minimum atomic E-state index is -0.148. The van der Waals surface area contributed by atoms with E-state index in [1.54, 1.807) is 0 Å². The Hall–Kier alpha value is -0.730.